The van der Waals surface area contributed by atoms with Gasteiger partial charge in [-0.15, -0.1) is 0 Å². The molecule has 14 heavy (non-hydrogen) atoms. The molecule has 0 radical (unpaired) electrons. The van der Waals surface area contributed by atoms with Crippen molar-refractivity contribution in [3.05, 3.63) is 17.5 Å². The summed E-state index contributed by atoms with van der Waals surface area (Å²) in [6, 6.07) is 0. The van der Waals surface area contributed by atoms with Gasteiger partial charge in [0.05, 0.1) is 6.20 Å². The van der Waals surface area contributed by atoms with Crippen LogP contribution in [0.3, 0.4) is 0 Å². The van der Waals surface area contributed by atoms with Crippen LogP contribution in [0.2, 0.25) is 0 Å². The Bertz CT molecular complexity index is 327. The van der Waals surface area contributed by atoms with E-state index in [0.717, 1.165) is 19.3 Å². The van der Waals surface area contributed by atoms with Crippen molar-refractivity contribution < 1.29 is 19.2 Å². The van der Waals surface area contributed by atoms with E-state index in [-0.39, 0.29) is 11.7 Å². The molecule has 0 saturated carbocycles. The minimum Gasteiger partial charge on any atom is -0.478 e. The van der Waals surface area contributed by atoms with E-state index < -0.39 is 5.97 Å². The SMILES string of the molecule is O=C(O)c1cnoc1C1CCCCO1. The second-order valence-electron chi connectivity index (χ2n) is 3.26. The first-order chi connectivity index (χ1) is 6.79. The van der Waals surface area contributed by atoms with Gasteiger partial charge in [0.15, 0.2) is 5.76 Å². The summed E-state index contributed by atoms with van der Waals surface area (Å²) in [7, 11) is 0. The number of aromatic nitrogens is 1. The van der Waals surface area contributed by atoms with E-state index in [1.165, 1.54) is 6.20 Å². The van der Waals surface area contributed by atoms with Crippen molar-refractivity contribution >= 4 is 5.97 Å². The molecular formula is C9H11NO4. The molecule has 1 aromatic rings. The Labute approximate surface area is 80.6 Å². The summed E-state index contributed by atoms with van der Waals surface area (Å²) in [4.78, 5) is 10.8. The summed E-state index contributed by atoms with van der Waals surface area (Å²) in [5.74, 6) is -0.673. The lowest BCUT2D eigenvalue weighted by Crippen LogP contribution is -2.13. The van der Waals surface area contributed by atoms with Crippen LogP contribution in [-0.2, 0) is 4.74 Å². The fourth-order valence-corrected chi connectivity index (χ4v) is 1.59. The number of rotatable bonds is 2. The third-order valence-corrected chi connectivity index (χ3v) is 2.30. The standard InChI is InChI=1S/C9H11NO4/c11-9(12)6-5-10-14-8(6)7-3-1-2-4-13-7/h5,7H,1-4H2,(H,11,12). The van der Waals surface area contributed by atoms with Crippen molar-refractivity contribution in [3.63, 3.8) is 0 Å². The van der Waals surface area contributed by atoms with E-state index in [2.05, 4.69) is 5.16 Å². The van der Waals surface area contributed by atoms with E-state index in [1.807, 2.05) is 0 Å². The third kappa shape index (κ3) is 1.63. The number of carboxylic acid groups (broad SMARTS) is 1. The van der Waals surface area contributed by atoms with Gasteiger partial charge in [-0.3, -0.25) is 0 Å². The van der Waals surface area contributed by atoms with Crippen LogP contribution < -0.4 is 0 Å². The van der Waals surface area contributed by atoms with Gasteiger partial charge in [-0.2, -0.15) is 0 Å². The van der Waals surface area contributed by atoms with E-state index in [9.17, 15) is 4.79 Å². The van der Waals surface area contributed by atoms with Crippen LogP contribution in [0.25, 0.3) is 0 Å². The Balaban J connectivity index is 2.21. The van der Waals surface area contributed by atoms with Gasteiger partial charge in [-0.05, 0) is 19.3 Å². The van der Waals surface area contributed by atoms with Gasteiger partial charge in [0.2, 0.25) is 0 Å². The highest BCUT2D eigenvalue weighted by atomic mass is 16.5. The number of aromatic carboxylic acids is 1. The maximum atomic E-state index is 10.8. The summed E-state index contributed by atoms with van der Waals surface area (Å²) in [5, 5.41) is 12.3. The van der Waals surface area contributed by atoms with Crippen molar-refractivity contribution in [2.24, 2.45) is 0 Å². The molecule has 1 saturated heterocycles. The highest BCUT2D eigenvalue weighted by Gasteiger charge is 2.26. The minimum atomic E-state index is -1.02. The number of carbonyl (C=O) groups is 1. The molecule has 5 nitrogen and oxygen atoms in total. The molecule has 1 fully saturated rings. The number of nitrogens with zero attached hydrogens (tertiary/aromatic N) is 1. The summed E-state index contributed by atoms with van der Waals surface area (Å²) in [6.07, 6.45) is 3.83. The zero-order chi connectivity index (χ0) is 9.97. The zero-order valence-corrected chi connectivity index (χ0v) is 7.60. The van der Waals surface area contributed by atoms with Crippen molar-refractivity contribution in [1.29, 1.82) is 0 Å². The molecule has 1 unspecified atom stereocenters. The van der Waals surface area contributed by atoms with Gasteiger partial charge >= 0.3 is 5.97 Å². The molecule has 1 atom stereocenters. The van der Waals surface area contributed by atoms with Gasteiger partial charge in [-0.25, -0.2) is 4.79 Å². The Morgan fingerprint density at radius 3 is 3.07 bits per heavy atom. The summed E-state index contributed by atoms with van der Waals surface area (Å²) >= 11 is 0. The van der Waals surface area contributed by atoms with Crippen LogP contribution in [0.4, 0.5) is 0 Å². The molecule has 0 bridgehead atoms. The lowest BCUT2D eigenvalue weighted by molar-refractivity contribution is -0.00237. The van der Waals surface area contributed by atoms with Gasteiger partial charge < -0.3 is 14.4 Å². The number of hydrogen-bond donors (Lipinski definition) is 1. The third-order valence-electron chi connectivity index (χ3n) is 2.30. The Kier molecular flexibility index (Phi) is 2.49. The summed E-state index contributed by atoms with van der Waals surface area (Å²) < 4.78 is 10.3. The monoisotopic (exact) mass is 197 g/mol. The van der Waals surface area contributed by atoms with Crippen molar-refractivity contribution in [2.75, 3.05) is 6.61 Å². The predicted octanol–water partition coefficient (Wildman–Crippen LogP) is 1.61. The summed E-state index contributed by atoms with van der Waals surface area (Å²) in [6.45, 7) is 0.657. The quantitative estimate of drug-likeness (QED) is 0.779. The smallest absolute Gasteiger partial charge is 0.341 e. The number of hydrogen-bond acceptors (Lipinski definition) is 4. The molecule has 2 rings (SSSR count). The lowest BCUT2D eigenvalue weighted by atomic mass is 10.0. The molecule has 1 aromatic heterocycles. The fraction of sp³-hybridized carbons (Fsp3) is 0.556. The number of ether oxygens (including phenoxy) is 1. The molecule has 1 aliphatic heterocycles. The summed E-state index contributed by atoms with van der Waals surface area (Å²) in [5.41, 5.74) is 0.108. The first-order valence-electron chi connectivity index (χ1n) is 4.58. The van der Waals surface area contributed by atoms with E-state index in [4.69, 9.17) is 14.4 Å². The molecule has 76 valence electrons. The van der Waals surface area contributed by atoms with Crippen LogP contribution in [0.1, 0.15) is 41.5 Å². The minimum absolute atomic E-state index is 0.108. The van der Waals surface area contributed by atoms with Crippen LogP contribution in [0.15, 0.2) is 10.7 Å². The van der Waals surface area contributed by atoms with Crippen molar-refractivity contribution in [2.45, 2.75) is 25.4 Å². The van der Waals surface area contributed by atoms with Gasteiger partial charge in [-0.1, -0.05) is 5.16 Å². The molecule has 0 amide bonds. The van der Waals surface area contributed by atoms with Crippen LogP contribution >= 0.6 is 0 Å². The van der Waals surface area contributed by atoms with E-state index in [1.54, 1.807) is 0 Å². The Hall–Kier alpha value is -1.36. The second-order valence-corrected chi connectivity index (χ2v) is 3.26. The first-order valence-corrected chi connectivity index (χ1v) is 4.58. The maximum Gasteiger partial charge on any atom is 0.341 e. The van der Waals surface area contributed by atoms with Crippen LogP contribution in [-0.4, -0.2) is 22.8 Å². The van der Waals surface area contributed by atoms with Crippen LogP contribution in [0.5, 0.6) is 0 Å². The molecule has 1 N–H and O–H groups in total. The lowest BCUT2D eigenvalue weighted by Gasteiger charge is -2.20. The van der Waals surface area contributed by atoms with E-state index in [0.29, 0.717) is 12.4 Å². The highest BCUT2D eigenvalue weighted by molar-refractivity contribution is 5.88. The highest BCUT2D eigenvalue weighted by Crippen LogP contribution is 2.29. The van der Waals surface area contributed by atoms with Gasteiger partial charge in [0, 0.05) is 6.61 Å². The topological polar surface area (TPSA) is 72.6 Å². The van der Waals surface area contributed by atoms with Gasteiger partial charge in [0.1, 0.15) is 11.7 Å². The van der Waals surface area contributed by atoms with E-state index >= 15 is 0 Å². The fourth-order valence-electron chi connectivity index (χ4n) is 1.59. The molecule has 2 heterocycles. The largest absolute Gasteiger partial charge is 0.478 e. The zero-order valence-electron chi connectivity index (χ0n) is 7.60. The van der Waals surface area contributed by atoms with Crippen molar-refractivity contribution in [1.82, 2.24) is 5.16 Å². The average Bonchev–Trinajstić information content (AvgIpc) is 2.67. The normalized spacial score (nSPS) is 22.1. The van der Waals surface area contributed by atoms with Crippen molar-refractivity contribution in [3.8, 4) is 0 Å². The molecule has 5 heteroatoms. The second kappa shape index (κ2) is 3.79. The Morgan fingerprint density at radius 1 is 1.57 bits per heavy atom. The molecule has 1 aliphatic rings. The molecule has 0 spiro atoms. The predicted molar refractivity (Wildman–Crippen MR) is 46.0 cm³/mol. The average molecular weight is 197 g/mol. The Morgan fingerprint density at radius 2 is 2.43 bits per heavy atom. The first kappa shape index (κ1) is 9.21. The van der Waals surface area contributed by atoms with Gasteiger partial charge in [0.25, 0.3) is 0 Å². The molecule has 0 aliphatic carbocycles. The number of carboxylic acids is 1. The maximum absolute atomic E-state index is 10.8. The molecular weight excluding hydrogens is 186 g/mol. The molecule has 0 aromatic carbocycles. The van der Waals surface area contributed by atoms with Crippen LogP contribution in [0, 0.1) is 0 Å².